The Labute approximate surface area is 89.9 Å². The molecule has 0 aliphatic heterocycles. The molecule has 0 N–H and O–H groups in total. The lowest BCUT2D eigenvalue weighted by molar-refractivity contribution is 0.0251. The van der Waals surface area contributed by atoms with Crippen molar-refractivity contribution >= 4 is 0 Å². The largest absolute Gasteiger partial charge is 0.309 e. The minimum absolute atomic E-state index is 0.528. The van der Waals surface area contributed by atoms with E-state index in [1.807, 2.05) is 0 Å². The third-order valence-corrected chi connectivity index (χ3v) is 4.22. The van der Waals surface area contributed by atoms with Crippen LogP contribution in [0, 0.1) is 23.2 Å². The average molecular weight is 197 g/mol. The van der Waals surface area contributed by atoms with E-state index in [0.29, 0.717) is 5.41 Å². The topological polar surface area (TPSA) is 3.24 Å². The highest BCUT2D eigenvalue weighted by Crippen LogP contribution is 2.46. The molecule has 0 bridgehead atoms. The van der Waals surface area contributed by atoms with Gasteiger partial charge in [-0.15, -0.1) is 0 Å². The predicted octanol–water partition coefficient (Wildman–Crippen LogP) is 3.26. The van der Waals surface area contributed by atoms with E-state index in [4.69, 9.17) is 0 Å². The Hall–Kier alpha value is -0.0400. The lowest BCUT2D eigenvalue weighted by atomic mass is 9.60. The SMILES string of the molecule is C[C@H]1C[C@H](C)[C@H](C)[C@@](C)(CN(C)C)C1. The third-order valence-electron chi connectivity index (χ3n) is 4.22. The first-order valence-corrected chi connectivity index (χ1v) is 6.00. The van der Waals surface area contributed by atoms with Crippen LogP contribution in [0.2, 0.25) is 0 Å². The summed E-state index contributed by atoms with van der Waals surface area (Å²) >= 11 is 0. The van der Waals surface area contributed by atoms with E-state index in [-0.39, 0.29) is 0 Å². The Balaban J connectivity index is 2.72. The van der Waals surface area contributed by atoms with Crippen LogP contribution in [-0.4, -0.2) is 25.5 Å². The number of rotatable bonds is 2. The van der Waals surface area contributed by atoms with Crippen LogP contribution in [0.15, 0.2) is 0 Å². The zero-order valence-electron chi connectivity index (χ0n) is 10.8. The molecule has 1 aliphatic carbocycles. The maximum atomic E-state index is 2.48. The minimum Gasteiger partial charge on any atom is -0.309 e. The highest BCUT2D eigenvalue weighted by molar-refractivity contribution is 4.91. The fourth-order valence-corrected chi connectivity index (χ4v) is 3.52. The van der Waals surface area contributed by atoms with E-state index < -0.39 is 0 Å². The van der Waals surface area contributed by atoms with Crippen molar-refractivity contribution in [1.29, 1.82) is 0 Å². The second-order valence-electron chi connectivity index (χ2n) is 6.20. The van der Waals surface area contributed by atoms with Gasteiger partial charge in [0.25, 0.3) is 0 Å². The predicted molar refractivity (Wildman–Crippen MR) is 63.4 cm³/mol. The van der Waals surface area contributed by atoms with Crippen LogP contribution in [0.3, 0.4) is 0 Å². The molecule has 0 radical (unpaired) electrons. The van der Waals surface area contributed by atoms with Crippen molar-refractivity contribution in [1.82, 2.24) is 4.90 Å². The van der Waals surface area contributed by atoms with Gasteiger partial charge in [0.05, 0.1) is 0 Å². The van der Waals surface area contributed by atoms with Crippen LogP contribution in [-0.2, 0) is 0 Å². The summed E-state index contributed by atoms with van der Waals surface area (Å²) in [5.41, 5.74) is 0.528. The molecule has 0 amide bonds. The van der Waals surface area contributed by atoms with Crippen LogP contribution in [0.4, 0.5) is 0 Å². The van der Waals surface area contributed by atoms with Crippen molar-refractivity contribution in [3.63, 3.8) is 0 Å². The summed E-state index contributed by atoms with van der Waals surface area (Å²) in [4.78, 5) is 2.35. The van der Waals surface area contributed by atoms with Crippen molar-refractivity contribution in [3.05, 3.63) is 0 Å². The molecule has 0 aromatic rings. The summed E-state index contributed by atoms with van der Waals surface area (Å²) in [6, 6.07) is 0. The lowest BCUT2D eigenvalue weighted by Gasteiger charge is -2.47. The molecule has 0 aromatic carbocycles. The van der Waals surface area contributed by atoms with Gasteiger partial charge in [0.2, 0.25) is 0 Å². The number of hydrogen-bond donors (Lipinski definition) is 0. The molecule has 0 aromatic heterocycles. The Bertz CT molecular complexity index is 184. The van der Waals surface area contributed by atoms with Crippen LogP contribution in [0.5, 0.6) is 0 Å². The first-order chi connectivity index (χ1) is 6.35. The van der Waals surface area contributed by atoms with Gasteiger partial charge >= 0.3 is 0 Å². The monoisotopic (exact) mass is 197 g/mol. The van der Waals surface area contributed by atoms with Crippen molar-refractivity contribution in [2.24, 2.45) is 23.2 Å². The molecular formula is C13H27N. The molecule has 1 saturated carbocycles. The van der Waals surface area contributed by atoms with Crippen LogP contribution >= 0.6 is 0 Å². The van der Waals surface area contributed by atoms with E-state index in [1.54, 1.807) is 0 Å². The van der Waals surface area contributed by atoms with E-state index in [2.05, 4.69) is 46.7 Å². The van der Waals surface area contributed by atoms with Gasteiger partial charge in [-0.3, -0.25) is 0 Å². The van der Waals surface area contributed by atoms with Crippen molar-refractivity contribution in [2.45, 2.75) is 40.5 Å². The Morgan fingerprint density at radius 1 is 1.21 bits per heavy atom. The van der Waals surface area contributed by atoms with Crippen molar-refractivity contribution < 1.29 is 0 Å². The third kappa shape index (κ3) is 2.50. The zero-order valence-corrected chi connectivity index (χ0v) is 10.8. The fraction of sp³-hybridized carbons (Fsp3) is 1.00. The second-order valence-corrected chi connectivity index (χ2v) is 6.20. The van der Waals surface area contributed by atoms with E-state index in [0.717, 1.165) is 17.8 Å². The molecule has 1 heteroatoms. The standard InChI is InChI=1S/C13H27N/c1-10-7-11(2)12(3)13(4,8-10)9-14(5)6/h10-12H,7-9H2,1-6H3/t10-,11-,12-,13+/m0/s1. The molecule has 1 fully saturated rings. The van der Waals surface area contributed by atoms with E-state index >= 15 is 0 Å². The van der Waals surface area contributed by atoms with Crippen LogP contribution in [0.1, 0.15) is 40.5 Å². The minimum atomic E-state index is 0.528. The molecule has 84 valence electrons. The number of nitrogens with zero attached hydrogens (tertiary/aromatic N) is 1. The normalized spacial score (nSPS) is 44.4. The molecule has 0 unspecified atom stereocenters. The molecule has 14 heavy (non-hydrogen) atoms. The molecule has 1 nitrogen and oxygen atoms in total. The summed E-state index contributed by atoms with van der Waals surface area (Å²) < 4.78 is 0. The number of hydrogen-bond acceptors (Lipinski definition) is 1. The summed E-state index contributed by atoms with van der Waals surface area (Å²) in [5, 5.41) is 0. The maximum absolute atomic E-state index is 2.48. The van der Waals surface area contributed by atoms with Gasteiger partial charge in [0.15, 0.2) is 0 Å². The van der Waals surface area contributed by atoms with Gasteiger partial charge < -0.3 is 4.90 Å². The Kier molecular flexibility index (Phi) is 3.63. The molecule has 4 atom stereocenters. The summed E-state index contributed by atoms with van der Waals surface area (Å²) in [5.74, 6) is 2.66. The van der Waals surface area contributed by atoms with Crippen molar-refractivity contribution in [3.8, 4) is 0 Å². The second kappa shape index (κ2) is 4.22. The molecular weight excluding hydrogens is 170 g/mol. The summed E-state index contributed by atoms with van der Waals surface area (Å²) in [6.07, 6.45) is 2.82. The summed E-state index contributed by atoms with van der Waals surface area (Å²) in [7, 11) is 4.39. The summed E-state index contributed by atoms with van der Waals surface area (Å²) in [6.45, 7) is 11.0. The molecule has 1 rings (SSSR count). The first kappa shape index (κ1) is 12.0. The Morgan fingerprint density at radius 3 is 2.29 bits per heavy atom. The molecule has 0 heterocycles. The van der Waals surface area contributed by atoms with Crippen molar-refractivity contribution in [2.75, 3.05) is 20.6 Å². The lowest BCUT2D eigenvalue weighted by Crippen LogP contribution is -2.43. The van der Waals surface area contributed by atoms with Gasteiger partial charge in [0.1, 0.15) is 0 Å². The van der Waals surface area contributed by atoms with Crippen LogP contribution < -0.4 is 0 Å². The average Bonchev–Trinajstić information content (AvgIpc) is 1.98. The van der Waals surface area contributed by atoms with Gasteiger partial charge in [-0.05, 0) is 50.1 Å². The maximum Gasteiger partial charge on any atom is 0.00320 e. The van der Waals surface area contributed by atoms with Gasteiger partial charge in [-0.2, -0.15) is 0 Å². The van der Waals surface area contributed by atoms with E-state index in [9.17, 15) is 0 Å². The molecule has 0 spiro atoms. The van der Waals surface area contributed by atoms with E-state index in [1.165, 1.54) is 19.4 Å². The van der Waals surface area contributed by atoms with Gasteiger partial charge in [-0.25, -0.2) is 0 Å². The zero-order chi connectivity index (χ0) is 10.9. The quantitative estimate of drug-likeness (QED) is 0.657. The highest BCUT2D eigenvalue weighted by Gasteiger charge is 2.40. The van der Waals surface area contributed by atoms with Crippen LogP contribution in [0.25, 0.3) is 0 Å². The first-order valence-electron chi connectivity index (χ1n) is 6.00. The van der Waals surface area contributed by atoms with Gasteiger partial charge in [-0.1, -0.05) is 27.7 Å². The highest BCUT2D eigenvalue weighted by atomic mass is 15.1. The molecule has 1 aliphatic rings. The fourth-order valence-electron chi connectivity index (χ4n) is 3.52. The smallest absolute Gasteiger partial charge is 0.00320 e. The Morgan fingerprint density at radius 2 is 1.79 bits per heavy atom. The van der Waals surface area contributed by atoms with Gasteiger partial charge in [0, 0.05) is 6.54 Å². The molecule has 0 saturated heterocycles.